The summed E-state index contributed by atoms with van der Waals surface area (Å²) < 4.78 is 5.50. The maximum absolute atomic E-state index is 12.5. The minimum atomic E-state index is -0.844. The van der Waals surface area contributed by atoms with E-state index in [0.29, 0.717) is 19.4 Å². The molecule has 0 rings (SSSR count). The van der Waals surface area contributed by atoms with Gasteiger partial charge >= 0.3 is 5.97 Å². The van der Waals surface area contributed by atoms with Gasteiger partial charge in [-0.15, -0.1) is 0 Å². The Hall–Kier alpha value is -2.18. The van der Waals surface area contributed by atoms with Crippen LogP contribution in [0.25, 0.3) is 0 Å². The highest BCUT2D eigenvalue weighted by Gasteiger charge is 2.18. The monoisotopic (exact) mass is 1160 g/mol. The van der Waals surface area contributed by atoms with Crippen molar-refractivity contribution in [3.05, 3.63) is 48.6 Å². The second-order valence-electron chi connectivity index (χ2n) is 25.6. The molecule has 6 heteroatoms. The third kappa shape index (κ3) is 68.8. The van der Waals surface area contributed by atoms with Gasteiger partial charge in [0.15, 0.2) is 0 Å². The van der Waals surface area contributed by atoms with E-state index in [0.717, 1.165) is 51.4 Å². The maximum atomic E-state index is 12.5. The van der Waals surface area contributed by atoms with E-state index in [4.69, 9.17) is 4.74 Å². The Morgan fingerprint density at radius 1 is 0.337 bits per heavy atom. The Labute approximate surface area is 518 Å². The van der Waals surface area contributed by atoms with Crippen LogP contribution in [0, 0.1) is 0 Å². The molecule has 2 unspecified atom stereocenters. The Kier molecular flexibility index (Phi) is 70.4. The molecular formula is C77H145NO5. The lowest BCUT2D eigenvalue weighted by Crippen LogP contribution is -2.45. The van der Waals surface area contributed by atoms with E-state index < -0.39 is 12.1 Å². The fraction of sp³-hybridized carbons (Fsp3) is 0.870. The van der Waals surface area contributed by atoms with E-state index >= 15 is 0 Å². The molecule has 0 aliphatic heterocycles. The molecule has 0 spiro atoms. The number of carbonyl (C=O) groups is 2. The van der Waals surface area contributed by atoms with E-state index in [1.807, 2.05) is 6.08 Å². The SMILES string of the molecule is CCCCCC/C=C\C/C=C\CCCCCCCCCC(=O)OCCCCCCCCCCCCCC/C=C\CCCCCCCCCCCCCCCCCC(=O)NC(CO)C(O)/C=C/CCCCCCCCCCCCCCCCC. The van der Waals surface area contributed by atoms with Gasteiger partial charge in [0.25, 0.3) is 0 Å². The van der Waals surface area contributed by atoms with Crippen molar-refractivity contribution >= 4 is 11.9 Å². The van der Waals surface area contributed by atoms with Crippen LogP contribution in [0.15, 0.2) is 48.6 Å². The summed E-state index contributed by atoms with van der Waals surface area (Å²) in [6, 6.07) is -0.627. The van der Waals surface area contributed by atoms with Gasteiger partial charge in [-0.1, -0.05) is 351 Å². The number of rotatable bonds is 70. The number of esters is 1. The number of hydrogen-bond acceptors (Lipinski definition) is 5. The van der Waals surface area contributed by atoms with Gasteiger partial charge in [-0.2, -0.15) is 0 Å². The topological polar surface area (TPSA) is 95.9 Å². The van der Waals surface area contributed by atoms with Crippen molar-refractivity contribution < 1.29 is 24.5 Å². The van der Waals surface area contributed by atoms with Crippen molar-refractivity contribution in [2.75, 3.05) is 13.2 Å². The molecule has 6 nitrogen and oxygen atoms in total. The summed E-state index contributed by atoms with van der Waals surface area (Å²) in [5.41, 5.74) is 0. The van der Waals surface area contributed by atoms with Crippen LogP contribution in [0.1, 0.15) is 406 Å². The molecule has 3 N–H and O–H groups in total. The van der Waals surface area contributed by atoms with Gasteiger partial charge in [-0.3, -0.25) is 9.59 Å². The van der Waals surface area contributed by atoms with E-state index in [9.17, 15) is 19.8 Å². The van der Waals surface area contributed by atoms with Crippen molar-refractivity contribution in [3.8, 4) is 0 Å². The van der Waals surface area contributed by atoms with Crippen molar-refractivity contribution in [1.29, 1.82) is 0 Å². The van der Waals surface area contributed by atoms with E-state index in [1.54, 1.807) is 6.08 Å². The second-order valence-corrected chi connectivity index (χ2v) is 25.6. The minimum absolute atomic E-state index is 0.0103. The molecule has 0 aromatic rings. The molecule has 0 heterocycles. The summed E-state index contributed by atoms with van der Waals surface area (Å²) in [5.74, 6) is -0.0529. The molecule has 1 amide bonds. The highest BCUT2D eigenvalue weighted by Crippen LogP contribution is 2.18. The van der Waals surface area contributed by atoms with Crippen LogP contribution in [0.5, 0.6) is 0 Å². The lowest BCUT2D eigenvalue weighted by Gasteiger charge is -2.20. The van der Waals surface area contributed by atoms with Gasteiger partial charge in [0.1, 0.15) is 0 Å². The molecule has 0 aliphatic rings. The van der Waals surface area contributed by atoms with E-state index in [2.05, 4.69) is 55.6 Å². The predicted octanol–water partition coefficient (Wildman–Crippen LogP) is 24.4. The standard InChI is InChI=1S/C77H145NO5/c1-3-5-7-9-11-13-15-17-19-21-39-43-47-51-55-59-63-67-71-77(82)83-72-68-64-60-56-52-48-44-40-36-34-32-30-28-26-24-22-23-25-27-29-31-33-35-38-42-46-50-54-58-62-66-70-76(81)78-74(73-79)75(80)69-65-61-57-53-49-45-41-37-20-18-16-14-12-10-8-6-4-2/h13,15,19,21,24,26,65,69,74-75,79-80H,3-12,14,16-18,20,22-23,25,27-64,66-68,70-73H2,1-2H3,(H,78,81)/b15-13-,21-19-,26-24-,69-65+. The number of nitrogens with one attached hydrogen (secondary N) is 1. The predicted molar refractivity (Wildman–Crippen MR) is 366 cm³/mol. The third-order valence-corrected chi connectivity index (χ3v) is 17.3. The molecule has 83 heavy (non-hydrogen) atoms. The number of carbonyl (C=O) groups excluding carboxylic acids is 2. The number of aliphatic hydroxyl groups is 2. The van der Waals surface area contributed by atoms with Gasteiger partial charge in [0, 0.05) is 12.8 Å². The Morgan fingerprint density at radius 2 is 0.602 bits per heavy atom. The van der Waals surface area contributed by atoms with Crippen LogP contribution in [0.2, 0.25) is 0 Å². The van der Waals surface area contributed by atoms with Crippen molar-refractivity contribution in [2.45, 2.75) is 418 Å². The first-order chi connectivity index (χ1) is 41.0. The molecule has 0 aromatic carbocycles. The number of ether oxygens (including phenoxy) is 1. The van der Waals surface area contributed by atoms with E-state index in [-0.39, 0.29) is 18.5 Å². The van der Waals surface area contributed by atoms with Crippen molar-refractivity contribution in [1.82, 2.24) is 5.32 Å². The molecule has 0 fully saturated rings. The van der Waals surface area contributed by atoms with Crippen LogP contribution in [-0.2, 0) is 14.3 Å². The zero-order valence-electron chi connectivity index (χ0n) is 55.9. The highest BCUT2D eigenvalue weighted by atomic mass is 16.5. The van der Waals surface area contributed by atoms with Gasteiger partial charge in [0.05, 0.1) is 25.4 Å². The summed E-state index contributed by atoms with van der Waals surface area (Å²) in [6.07, 6.45) is 94.9. The summed E-state index contributed by atoms with van der Waals surface area (Å²) in [6.45, 7) is 4.92. The second kappa shape index (κ2) is 72.3. The highest BCUT2D eigenvalue weighted by molar-refractivity contribution is 5.76. The molecule has 2 atom stereocenters. The number of allylic oxidation sites excluding steroid dienone is 7. The molecule has 0 bridgehead atoms. The molecule has 0 saturated heterocycles. The van der Waals surface area contributed by atoms with Crippen LogP contribution in [0.4, 0.5) is 0 Å². The lowest BCUT2D eigenvalue weighted by atomic mass is 10.0. The number of unbranched alkanes of at least 4 members (excludes halogenated alkanes) is 53. The van der Waals surface area contributed by atoms with Crippen LogP contribution in [0.3, 0.4) is 0 Å². The van der Waals surface area contributed by atoms with Gasteiger partial charge in [0.2, 0.25) is 5.91 Å². The van der Waals surface area contributed by atoms with E-state index in [1.165, 1.54) is 327 Å². The molecule has 0 aromatic heterocycles. The third-order valence-electron chi connectivity index (χ3n) is 17.3. The Morgan fingerprint density at radius 3 is 0.940 bits per heavy atom. The average molecular weight is 1170 g/mol. The van der Waals surface area contributed by atoms with Crippen molar-refractivity contribution in [2.24, 2.45) is 0 Å². The van der Waals surface area contributed by atoms with Crippen LogP contribution in [-0.4, -0.2) is 47.4 Å². The fourth-order valence-electron chi connectivity index (χ4n) is 11.6. The normalized spacial score (nSPS) is 12.8. The number of amides is 1. The van der Waals surface area contributed by atoms with Gasteiger partial charge in [-0.05, 0) is 89.9 Å². The summed E-state index contributed by atoms with van der Waals surface area (Å²) in [5, 5.41) is 23.2. The molecular weight excluding hydrogens is 1020 g/mol. The molecule has 0 saturated carbocycles. The first-order valence-electron chi connectivity index (χ1n) is 37.4. The quantitative estimate of drug-likeness (QED) is 0.0320. The molecule has 488 valence electrons. The van der Waals surface area contributed by atoms with Crippen LogP contribution < -0.4 is 5.32 Å². The maximum Gasteiger partial charge on any atom is 0.305 e. The van der Waals surface area contributed by atoms with Gasteiger partial charge < -0.3 is 20.3 Å². The van der Waals surface area contributed by atoms with Gasteiger partial charge in [-0.25, -0.2) is 0 Å². The van der Waals surface area contributed by atoms with Crippen molar-refractivity contribution in [3.63, 3.8) is 0 Å². The summed E-state index contributed by atoms with van der Waals surface area (Å²) in [7, 11) is 0. The number of hydrogen-bond donors (Lipinski definition) is 3. The first kappa shape index (κ1) is 80.8. The number of aliphatic hydroxyl groups excluding tert-OH is 2. The Bertz CT molecular complexity index is 1390. The first-order valence-corrected chi connectivity index (χ1v) is 37.4. The zero-order valence-corrected chi connectivity index (χ0v) is 55.9. The lowest BCUT2D eigenvalue weighted by molar-refractivity contribution is -0.143. The smallest absolute Gasteiger partial charge is 0.305 e. The molecule has 0 radical (unpaired) electrons. The summed E-state index contributed by atoms with van der Waals surface area (Å²) in [4.78, 5) is 24.6. The van der Waals surface area contributed by atoms with Crippen LogP contribution >= 0.6 is 0 Å². The molecule has 0 aliphatic carbocycles. The fourth-order valence-corrected chi connectivity index (χ4v) is 11.6. The minimum Gasteiger partial charge on any atom is -0.466 e. The largest absolute Gasteiger partial charge is 0.466 e. The summed E-state index contributed by atoms with van der Waals surface area (Å²) >= 11 is 0. The zero-order chi connectivity index (χ0) is 59.9. The Balaban J connectivity index is 3.38. The average Bonchev–Trinajstić information content (AvgIpc) is 3.48.